The summed E-state index contributed by atoms with van der Waals surface area (Å²) < 4.78 is 16.2. The zero-order valence-corrected chi connectivity index (χ0v) is 21.2. The summed E-state index contributed by atoms with van der Waals surface area (Å²) in [5.41, 5.74) is 0.370. The number of benzene rings is 2. The summed E-state index contributed by atoms with van der Waals surface area (Å²) in [7, 11) is 0. The molecule has 10 heteroatoms. The standard InChI is InChI=1S/C28H26ClFN4O4/c29-17-7-9-18(10-8-17)31-26(36)23-24(25(23)28(38)33-13-3-1-4-14-33)27(37)32-21-12-11-19(16-20(21)30)34-15-5-2-6-22(34)35/h2,5-12,15-16,23-25H,1,3-4,13-14H2,(H,31,36)(H,32,37)/t23-,24+,25+/m1/s1. The molecule has 3 amide bonds. The highest BCUT2D eigenvalue weighted by Crippen LogP contribution is 2.49. The van der Waals surface area contributed by atoms with E-state index >= 15 is 0 Å². The summed E-state index contributed by atoms with van der Waals surface area (Å²) in [4.78, 5) is 53.4. The highest BCUT2D eigenvalue weighted by molar-refractivity contribution is 6.30. The van der Waals surface area contributed by atoms with Crippen LogP contribution in [0, 0.1) is 23.6 Å². The first kappa shape index (κ1) is 25.7. The van der Waals surface area contributed by atoms with Crippen LogP contribution in [-0.2, 0) is 14.4 Å². The number of pyridine rings is 1. The number of hydrogen-bond donors (Lipinski definition) is 2. The Kier molecular flexibility index (Phi) is 7.28. The molecule has 0 spiro atoms. The first-order chi connectivity index (χ1) is 18.3. The molecule has 0 radical (unpaired) electrons. The smallest absolute Gasteiger partial charge is 0.255 e. The number of carbonyl (C=O) groups excluding carboxylic acids is 3. The van der Waals surface area contributed by atoms with Crippen LogP contribution in [0.15, 0.2) is 71.7 Å². The van der Waals surface area contributed by atoms with Crippen molar-refractivity contribution in [2.75, 3.05) is 23.7 Å². The fourth-order valence-electron chi connectivity index (χ4n) is 4.97. The number of rotatable bonds is 6. The highest BCUT2D eigenvalue weighted by atomic mass is 35.5. The minimum absolute atomic E-state index is 0.101. The molecule has 0 bridgehead atoms. The lowest BCUT2D eigenvalue weighted by atomic mass is 10.1. The van der Waals surface area contributed by atoms with Gasteiger partial charge in [0.25, 0.3) is 5.56 Å². The van der Waals surface area contributed by atoms with Crippen molar-refractivity contribution in [1.29, 1.82) is 0 Å². The summed E-state index contributed by atoms with van der Waals surface area (Å²) in [6, 6.07) is 15.1. The van der Waals surface area contributed by atoms with Crippen molar-refractivity contribution in [3.05, 3.63) is 88.1 Å². The molecule has 2 N–H and O–H groups in total. The number of halogens is 2. The number of hydrogen-bond acceptors (Lipinski definition) is 4. The number of amides is 3. The summed E-state index contributed by atoms with van der Waals surface area (Å²) in [5.74, 6) is -4.69. The molecule has 2 aromatic carbocycles. The van der Waals surface area contributed by atoms with Crippen molar-refractivity contribution in [2.45, 2.75) is 19.3 Å². The zero-order valence-electron chi connectivity index (χ0n) is 20.4. The van der Waals surface area contributed by atoms with Gasteiger partial charge in [-0.15, -0.1) is 0 Å². The van der Waals surface area contributed by atoms with Gasteiger partial charge >= 0.3 is 0 Å². The quantitative estimate of drug-likeness (QED) is 0.496. The molecule has 1 aliphatic carbocycles. The van der Waals surface area contributed by atoms with E-state index in [1.54, 1.807) is 41.3 Å². The van der Waals surface area contributed by atoms with Gasteiger partial charge in [-0.3, -0.25) is 23.7 Å². The Morgan fingerprint density at radius 1 is 0.842 bits per heavy atom. The summed E-state index contributed by atoms with van der Waals surface area (Å²) >= 11 is 5.92. The molecule has 2 fully saturated rings. The Labute approximate surface area is 223 Å². The number of anilines is 2. The number of aromatic nitrogens is 1. The van der Waals surface area contributed by atoms with Crippen LogP contribution in [-0.4, -0.2) is 40.3 Å². The maximum absolute atomic E-state index is 14.9. The lowest BCUT2D eigenvalue weighted by molar-refractivity contribution is -0.135. The molecule has 1 saturated carbocycles. The molecule has 2 aliphatic rings. The van der Waals surface area contributed by atoms with E-state index in [1.807, 2.05) is 0 Å². The number of likely N-dealkylation sites (tertiary alicyclic amines) is 1. The Bertz CT molecular complexity index is 1440. The molecule has 38 heavy (non-hydrogen) atoms. The molecule has 0 unspecified atom stereocenters. The van der Waals surface area contributed by atoms with E-state index in [0.29, 0.717) is 29.5 Å². The van der Waals surface area contributed by atoms with Crippen LogP contribution in [0.5, 0.6) is 0 Å². The Morgan fingerprint density at radius 2 is 1.53 bits per heavy atom. The molecule has 5 rings (SSSR count). The fraction of sp³-hybridized carbons (Fsp3) is 0.286. The van der Waals surface area contributed by atoms with Crippen LogP contribution in [0.3, 0.4) is 0 Å². The van der Waals surface area contributed by atoms with Crippen molar-refractivity contribution in [3.63, 3.8) is 0 Å². The van der Waals surface area contributed by atoms with E-state index in [-0.39, 0.29) is 17.2 Å². The summed E-state index contributed by atoms with van der Waals surface area (Å²) in [6.07, 6.45) is 4.29. The van der Waals surface area contributed by atoms with E-state index < -0.39 is 35.4 Å². The largest absolute Gasteiger partial charge is 0.342 e. The SMILES string of the molecule is O=C(Nc1ccc(Cl)cc1)[C@@H]1[C@H](C(=O)Nc2ccc(-n3ccccc3=O)cc2F)[C@H]1C(=O)N1CCCCC1. The van der Waals surface area contributed by atoms with E-state index in [9.17, 15) is 23.6 Å². The van der Waals surface area contributed by atoms with Gasteiger partial charge in [0.15, 0.2) is 0 Å². The summed E-state index contributed by atoms with van der Waals surface area (Å²) in [5, 5.41) is 5.80. The third-order valence-electron chi connectivity index (χ3n) is 7.00. The van der Waals surface area contributed by atoms with Gasteiger partial charge in [0.05, 0.1) is 29.1 Å². The van der Waals surface area contributed by atoms with Crippen molar-refractivity contribution in [1.82, 2.24) is 9.47 Å². The van der Waals surface area contributed by atoms with Crippen molar-refractivity contribution >= 4 is 40.7 Å². The lowest BCUT2D eigenvalue weighted by Crippen LogP contribution is -2.38. The third-order valence-corrected chi connectivity index (χ3v) is 7.25. The molecule has 1 aliphatic heterocycles. The molecule has 3 atom stereocenters. The van der Waals surface area contributed by atoms with Gasteiger partial charge < -0.3 is 15.5 Å². The number of piperidine rings is 1. The van der Waals surface area contributed by atoms with Crippen LogP contribution < -0.4 is 16.2 Å². The molecule has 1 saturated heterocycles. The molecule has 196 valence electrons. The fourth-order valence-corrected chi connectivity index (χ4v) is 5.09. The Hall–Kier alpha value is -3.98. The van der Waals surface area contributed by atoms with Crippen LogP contribution >= 0.6 is 11.6 Å². The predicted octanol–water partition coefficient (Wildman–Crippen LogP) is 4.08. The second kappa shape index (κ2) is 10.8. The monoisotopic (exact) mass is 536 g/mol. The summed E-state index contributed by atoms with van der Waals surface area (Å²) in [6.45, 7) is 1.17. The van der Waals surface area contributed by atoms with E-state index in [2.05, 4.69) is 10.6 Å². The van der Waals surface area contributed by atoms with Crippen LogP contribution in [0.4, 0.5) is 15.8 Å². The second-order valence-corrected chi connectivity index (χ2v) is 9.96. The normalized spacial score (nSPS) is 20.5. The molecular weight excluding hydrogens is 511 g/mol. The Morgan fingerprint density at radius 3 is 2.18 bits per heavy atom. The number of nitrogens with zero attached hydrogens (tertiary/aromatic N) is 2. The van der Waals surface area contributed by atoms with Crippen molar-refractivity contribution < 1.29 is 18.8 Å². The topological polar surface area (TPSA) is 101 Å². The predicted molar refractivity (Wildman–Crippen MR) is 142 cm³/mol. The highest BCUT2D eigenvalue weighted by Gasteiger charge is 2.63. The molecule has 1 aromatic heterocycles. The van der Waals surface area contributed by atoms with Crippen LogP contribution in [0.2, 0.25) is 5.02 Å². The minimum atomic E-state index is -0.937. The maximum Gasteiger partial charge on any atom is 0.255 e. The first-order valence-corrected chi connectivity index (χ1v) is 12.8. The van der Waals surface area contributed by atoms with E-state index in [0.717, 1.165) is 25.3 Å². The van der Waals surface area contributed by atoms with E-state index in [4.69, 9.17) is 11.6 Å². The first-order valence-electron chi connectivity index (χ1n) is 12.5. The van der Waals surface area contributed by atoms with Gasteiger partial charge in [-0.05, 0) is 61.7 Å². The minimum Gasteiger partial charge on any atom is -0.342 e. The molecule has 8 nitrogen and oxygen atoms in total. The Balaban J connectivity index is 1.34. The molecule has 3 aromatic rings. The van der Waals surface area contributed by atoms with Crippen molar-refractivity contribution in [3.8, 4) is 5.69 Å². The van der Waals surface area contributed by atoms with Gasteiger partial charge in [0.1, 0.15) is 5.82 Å². The third kappa shape index (κ3) is 5.33. The second-order valence-electron chi connectivity index (χ2n) is 9.52. The van der Waals surface area contributed by atoms with Gasteiger partial charge in [-0.2, -0.15) is 0 Å². The average Bonchev–Trinajstić information content (AvgIpc) is 3.68. The van der Waals surface area contributed by atoms with Gasteiger partial charge in [-0.1, -0.05) is 17.7 Å². The molecule has 2 heterocycles. The van der Waals surface area contributed by atoms with Gasteiger partial charge in [0.2, 0.25) is 17.7 Å². The van der Waals surface area contributed by atoms with Gasteiger partial charge in [-0.25, -0.2) is 4.39 Å². The number of carbonyl (C=O) groups is 3. The number of nitrogens with one attached hydrogen (secondary N) is 2. The lowest BCUT2D eigenvalue weighted by Gasteiger charge is -2.27. The van der Waals surface area contributed by atoms with Crippen molar-refractivity contribution in [2.24, 2.45) is 17.8 Å². The zero-order chi connectivity index (χ0) is 26.8. The van der Waals surface area contributed by atoms with Crippen LogP contribution in [0.25, 0.3) is 5.69 Å². The molecular formula is C28H26ClFN4O4. The van der Waals surface area contributed by atoms with Gasteiger partial charge in [0, 0.05) is 42.1 Å². The average molecular weight is 537 g/mol. The van der Waals surface area contributed by atoms with E-state index in [1.165, 1.54) is 29.0 Å². The van der Waals surface area contributed by atoms with Crippen LogP contribution in [0.1, 0.15) is 19.3 Å². The maximum atomic E-state index is 14.9.